The minimum absolute atomic E-state index is 0.0247. The number of hydrogen-bond donors (Lipinski definition) is 4. The summed E-state index contributed by atoms with van der Waals surface area (Å²) in [6.45, 7) is 0. The molecule has 0 bridgehead atoms. The van der Waals surface area contributed by atoms with E-state index >= 15 is 0 Å². The van der Waals surface area contributed by atoms with Gasteiger partial charge in [0.2, 0.25) is 11.9 Å². The lowest BCUT2D eigenvalue weighted by Crippen LogP contribution is -2.29. The number of nitrogens with one attached hydrogen (secondary N) is 2. The Morgan fingerprint density at radius 3 is 2.18 bits per heavy atom. The van der Waals surface area contributed by atoms with Crippen molar-refractivity contribution in [3.8, 4) is 0 Å². The summed E-state index contributed by atoms with van der Waals surface area (Å²) in [6.07, 6.45) is 6.85. The van der Waals surface area contributed by atoms with Gasteiger partial charge in [-0.3, -0.25) is 4.57 Å². The van der Waals surface area contributed by atoms with Crippen LogP contribution in [0.4, 0.5) is 26.4 Å². The van der Waals surface area contributed by atoms with Crippen LogP contribution >= 0.6 is 0 Å². The number of nitrogens with zero attached hydrogens (tertiary/aromatic N) is 4. The molecule has 2 aliphatic carbocycles. The average Bonchev–Trinajstić information content (AvgIpc) is 3.16. The number of aromatic nitrogens is 4. The van der Waals surface area contributed by atoms with Gasteiger partial charge in [0.05, 0.1) is 18.4 Å². The maximum absolute atomic E-state index is 14.3. The maximum atomic E-state index is 14.3. The summed E-state index contributed by atoms with van der Waals surface area (Å²) < 4.78 is 30.6. The molecule has 10 heteroatoms. The molecule has 5 rings (SSSR count). The monoisotopic (exact) mass is 458 g/mol. The Morgan fingerprint density at radius 1 is 0.879 bits per heavy atom. The zero-order valence-electron chi connectivity index (χ0n) is 18.2. The van der Waals surface area contributed by atoms with Gasteiger partial charge in [-0.25, -0.2) is 18.7 Å². The predicted octanol–water partition coefficient (Wildman–Crippen LogP) is 4.04. The van der Waals surface area contributed by atoms with Crippen molar-refractivity contribution in [1.29, 1.82) is 0 Å². The number of fused-ring (bicyclic) bond motifs is 1. The molecular weight excluding hydrogens is 430 g/mol. The molecule has 0 spiro atoms. The number of halogens is 2. The van der Waals surface area contributed by atoms with Gasteiger partial charge in [-0.2, -0.15) is 4.98 Å². The number of aliphatic hydroxyl groups excluding tert-OH is 2. The minimum atomic E-state index is -0.708. The highest BCUT2D eigenvalue weighted by atomic mass is 19.1. The van der Waals surface area contributed by atoms with Gasteiger partial charge in [-0.1, -0.05) is 6.07 Å². The molecule has 4 N–H and O–H groups in total. The lowest BCUT2D eigenvalue weighted by Gasteiger charge is -2.28. The molecule has 0 radical (unpaired) electrons. The van der Waals surface area contributed by atoms with Crippen LogP contribution < -0.4 is 10.6 Å². The first-order valence-electron chi connectivity index (χ1n) is 11.6. The second-order valence-corrected chi connectivity index (χ2v) is 9.04. The number of imidazole rings is 1. The van der Waals surface area contributed by atoms with E-state index < -0.39 is 11.6 Å². The first kappa shape index (κ1) is 22.0. The van der Waals surface area contributed by atoms with Crippen LogP contribution in [0.25, 0.3) is 11.2 Å². The zero-order chi connectivity index (χ0) is 22.9. The van der Waals surface area contributed by atoms with Gasteiger partial charge < -0.3 is 20.8 Å². The number of benzene rings is 1. The highest BCUT2D eigenvalue weighted by Gasteiger charge is 2.27. The molecular formula is C23H28F2N6O2. The van der Waals surface area contributed by atoms with Crippen LogP contribution in [0.1, 0.15) is 57.4 Å². The summed E-state index contributed by atoms with van der Waals surface area (Å²) in [6, 6.07) is 3.85. The van der Waals surface area contributed by atoms with E-state index in [0.29, 0.717) is 48.7 Å². The van der Waals surface area contributed by atoms with Gasteiger partial charge in [-0.15, -0.1) is 0 Å². The fourth-order valence-corrected chi connectivity index (χ4v) is 4.84. The first-order chi connectivity index (χ1) is 16.0. The van der Waals surface area contributed by atoms with E-state index in [9.17, 15) is 19.0 Å². The fourth-order valence-electron chi connectivity index (χ4n) is 4.84. The number of anilines is 3. The Morgan fingerprint density at radius 2 is 1.52 bits per heavy atom. The summed E-state index contributed by atoms with van der Waals surface area (Å²) in [7, 11) is 0. The van der Waals surface area contributed by atoms with E-state index in [1.54, 1.807) is 6.20 Å². The third-order valence-corrected chi connectivity index (χ3v) is 6.69. The van der Waals surface area contributed by atoms with Crippen LogP contribution in [0, 0.1) is 11.6 Å². The molecule has 2 aromatic heterocycles. The molecule has 0 saturated heterocycles. The Bertz CT molecular complexity index is 1100. The van der Waals surface area contributed by atoms with Crippen molar-refractivity contribution in [3.63, 3.8) is 0 Å². The van der Waals surface area contributed by atoms with Crippen LogP contribution in [-0.2, 0) is 0 Å². The van der Waals surface area contributed by atoms with Crippen molar-refractivity contribution in [3.05, 3.63) is 36.0 Å². The largest absolute Gasteiger partial charge is 0.393 e. The van der Waals surface area contributed by atoms with Crippen molar-refractivity contribution in [2.75, 3.05) is 10.6 Å². The molecule has 0 unspecified atom stereocenters. The third-order valence-electron chi connectivity index (χ3n) is 6.69. The van der Waals surface area contributed by atoms with Crippen LogP contribution in [0.5, 0.6) is 0 Å². The molecule has 0 atom stereocenters. The van der Waals surface area contributed by atoms with E-state index in [0.717, 1.165) is 25.7 Å². The lowest BCUT2D eigenvalue weighted by molar-refractivity contribution is 0.112. The average molecular weight is 459 g/mol. The maximum Gasteiger partial charge on any atom is 0.224 e. The van der Waals surface area contributed by atoms with Gasteiger partial charge in [-0.05, 0) is 63.5 Å². The van der Waals surface area contributed by atoms with Gasteiger partial charge in [0.25, 0.3) is 0 Å². The molecule has 8 nitrogen and oxygen atoms in total. The normalized spacial score (nSPS) is 25.8. The van der Waals surface area contributed by atoms with E-state index in [1.165, 1.54) is 18.2 Å². The predicted molar refractivity (Wildman–Crippen MR) is 120 cm³/mol. The number of rotatable bonds is 5. The Balaban J connectivity index is 1.51. The van der Waals surface area contributed by atoms with Gasteiger partial charge in [0, 0.05) is 12.1 Å². The molecule has 33 heavy (non-hydrogen) atoms. The fraction of sp³-hybridized carbons (Fsp3) is 0.522. The Hall–Kier alpha value is -2.85. The topological polar surface area (TPSA) is 108 Å². The Labute approximate surface area is 190 Å². The van der Waals surface area contributed by atoms with Crippen molar-refractivity contribution in [1.82, 2.24) is 19.5 Å². The van der Waals surface area contributed by atoms with Gasteiger partial charge in [0.1, 0.15) is 22.8 Å². The van der Waals surface area contributed by atoms with E-state index in [-0.39, 0.29) is 30.0 Å². The highest BCUT2D eigenvalue weighted by Crippen LogP contribution is 2.35. The summed E-state index contributed by atoms with van der Waals surface area (Å²) in [5.41, 5.74) is 0.825. The molecule has 2 heterocycles. The van der Waals surface area contributed by atoms with Crippen molar-refractivity contribution < 1.29 is 19.0 Å². The second kappa shape index (κ2) is 9.18. The zero-order valence-corrected chi connectivity index (χ0v) is 18.2. The number of hydrogen-bond acceptors (Lipinski definition) is 7. The van der Waals surface area contributed by atoms with E-state index in [4.69, 9.17) is 4.98 Å². The SMILES string of the molecule is O[C@H]1CC[C@H](Nc2ncc3nc(Nc4c(F)cccc4F)n([C@H]4CC[C@@H](O)CC4)c3n2)CC1. The van der Waals surface area contributed by atoms with Gasteiger partial charge in [0.15, 0.2) is 5.65 Å². The van der Waals surface area contributed by atoms with Crippen LogP contribution in [-0.4, -0.2) is 48.0 Å². The molecule has 3 aromatic rings. The number of para-hydroxylation sites is 1. The van der Waals surface area contributed by atoms with E-state index in [1.807, 2.05) is 4.57 Å². The molecule has 2 saturated carbocycles. The van der Waals surface area contributed by atoms with Crippen LogP contribution in [0.15, 0.2) is 24.4 Å². The molecule has 2 aliphatic rings. The van der Waals surface area contributed by atoms with Crippen molar-refractivity contribution >= 4 is 28.7 Å². The lowest BCUT2D eigenvalue weighted by atomic mass is 9.93. The minimum Gasteiger partial charge on any atom is -0.393 e. The summed E-state index contributed by atoms with van der Waals surface area (Å²) in [5.74, 6) is -0.659. The first-order valence-corrected chi connectivity index (χ1v) is 11.6. The second-order valence-electron chi connectivity index (χ2n) is 9.04. The summed E-state index contributed by atoms with van der Waals surface area (Å²) >= 11 is 0. The van der Waals surface area contributed by atoms with E-state index in [2.05, 4.69) is 20.6 Å². The molecule has 2 fully saturated rings. The molecule has 0 amide bonds. The molecule has 0 aliphatic heterocycles. The molecule has 1 aromatic carbocycles. The van der Waals surface area contributed by atoms with Crippen LogP contribution in [0.3, 0.4) is 0 Å². The van der Waals surface area contributed by atoms with Gasteiger partial charge >= 0.3 is 0 Å². The van der Waals surface area contributed by atoms with Crippen LogP contribution in [0.2, 0.25) is 0 Å². The summed E-state index contributed by atoms with van der Waals surface area (Å²) in [4.78, 5) is 13.7. The Kier molecular flexibility index (Phi) is 6.11. The highest BCUT2D eigenvalue weighted by molar-refractivity contribution is 5.76. The summed E-state index contributed by atoms with van der Waals surface area (Å²) in [5, 5.41) is 25.9. The smallest absolute Gasteiger partial charge is 0.224 e. The van der Waals surface area contributed by atoms with Crippen molar-refractivity contribution in [2.45, 2.75) is 75.7 Å². The standard InChI is InChI=1S/C23H28F2N6O2/c24-17-2-1-3-18(25)20(17)29-23-28-19-12-26-22(27-13-4-8-15(32)9-5-13)30-21(19)31(23)14-6-10-16(33)11-7-14/h1-3,12-16,32-33H,4-11H2,(H,28,29)(H,26,27,30)/t13-,14-,15-,16+. The number of aliphatic hydroxyl groups is 2. The third kappa shape index (κ3) is 4.63. The quantitative estimate of drug-likeness (QED) is 0.457. The van der Waals surface area contributed by atoms with Crippen molar-refractivity contribution in [2.24, 2.45) is 0 Å². The molecule has 176 valence electrons.